The molecule has 1 aliphatic heterocycles. The van der Waals surface area contributed by atoms with Crippen molar-refractivity contribution in [2.75, 3.05) is 0 Å². The molecule has 144 valence electrons. The second-order valence-corrected chi connectivity index (χ2v) is 8.36. The Morgan fingerprint density at radius 2 is 1.50 bits per heavy atom. The van der Waals surface area contributed by atoms with Crippen LogP contribution < -0.4 is 5.32 Å². The summed E-state index contributed by atoms with van der Waals surface area (Å²) < 4.78 is 0. The minimum absolute atomic E-state index is 0.207. The predicted octanol–water partition coefficient (Wildman–Crippen LogP) is 4.48. The van der Waals surface area contributed by atoms with Crippen molar-refractivity contribution >= 4 is 23.6 Å². The molecule has 0 radical (unpaired) electrons. The number of thioether (sulfide) groups is 1. The lowest BCUT2D eigenvalue weighted by Gasteiger charge is -2.24. The summed E-state index contributed by atoms with van der Waals surface area (Å²) in [6.07, 6.45) is 5.68. The first-order chi connectivity index (χ1) is 13.7. The first-order valence-electron chi connectivity index (χ1n) is 9.86. The zero-order chi connectivity index (χ0) is 19.3. The number of carbonyl (C=O) groups is 2. The van der Waals surface area contributed by atoms with Crippen molar-refractivity contribution < 1.29 is 9.59 Å². The number of hydrogen-bond donors (Lipinski definition) is 1. The highest BCUT2D eigenvalue weighted by Gasteiger charge is 2.39. The van der Waals surface area contributed by atoms with Gasteiger partial charge in [-0.15, -0.1) is 0 Å². The van der Waals surface area contributed by atoms with Gasteiger partial charge in [-0.05, 0) is 30.5 Å². The Labute approximate surface area is 170 Å². The molecule has 28 heavy (non-hydrogen) atoms. The topological polar surface area (TPSA) is 49.4 Å². The van der Waals surface area contributed by atoms with E-state index in [1.54, 1.807) is 0 Å². The highest BCUT2D eigenvalue weighted by atomic mass is 32.2. The highest BCUT2D eigenvalue weighted by Crippen LogP contribution is 2.35. The van der Waals surface area contributed by atoms with Gasteiger partial charge in [0.2, 0.25) is 0 Å². The van der Waals surface area contributed by atoms with E-state index in [-0.39, 0.29) is 17.9 Å². The molecule has 2 amide bonds. The van der Waals surface area contributed by atoms with Crippen LogP contribution in [0, 0.1) is 0 Å². The molecule has 1 fully saturated rings. The summed E-state index contributed by atoms with van der Waals surface area (Å²) in [6, 6.07) is 19.7. The molecule has 0 aromatic heterocycles. The van der Waals surface area contributed by atoms with Gasteiger partial charge >= 0.3 is 0 Å². The number of rotatable bonds is 6. The van der Waals surface area contributed by atoms with Crippen LogP contribution in [0.2, 0.25) is 0 Å². The Hall–Kier alpha value is -2.53. The fourth-order valence-corrected chi connectivity index (χ4v) is 4.72. The molecule has 0 saturated heterocycles. The molecule has 1 aliphatic carbocycles. The van der Waals surface area contributed by atoms with E-state index in [0.717, 1.165) is 23.3 Å². The maximum atomic E-state index is 13.2. The molecule has 2 aromatic carbocycles. The van der Waals surface area contributed by atoms with E-state index >= 15 is 0 Å². The number of benzene rings is 2. The zero-order valence-electron chi connectivity index (χ0n) is 15.8. The monoisotopic (exact) mass is 392 g/mol. The second kappa shape index (κ2) is 8.65. The van der Waals surface area contributed by atoms with Gasteiger partial charge in [-0.25, -0.2) is 0 Å². The zero-order valence-corrected chi connectivity index (χ0v) is 16.6. The summed E-state index contributed by atoms with van der Waals surface area (Å²) in [7, 11) is 0. The number of imide groups is 1. The molecular formula is C23H24N2O2S. The van der Waals surface area contributed by atoms with Crippen LogP contribution in [-0.4, -0.2) is 22.8 Å². The molecule has 4 rings (SSSR count). The number of nitrogens with one attached hydrogen (secondary N) is 1. The molecule has 0 bridgehead atoms. The molecule has 2 aliphatic rings. The van der Waals surface area contributed by atoms with E-state index < -0.39 is 0 Å². The largest absolute Gasteiger partial charge is 0.377 e. The normalized spacial score (nSPS) is 18.1. The van der Waals surface area contributed by atoms with Crippen molar-refractivity contribution in [1.29, 1.82) is 0 Å². The van der Waals surface area contributed by atoms with Gasteiger partial charge in [-0.2, -0.15) is 0 Å². The van der Waals surface area contributed by atoms with E-state index in [9.17, 15) is 9.59 Å². The Bertz CT molecular complexity index is 874. The van der Waals surface area contributed by atoms with Crippen molar-refractivity contribution in [2.24, 2.45) is 0 Å². The van der Waals surface area contributed by atoms with Crippen LogP contribution in [0.1, 0.15) is 37.7 Å². The Morgan fingerprint density at radius 3 is 2.18 bits per heavy atom. The van der Waals surface area contributed by atoms with Crippen LogP contribution in [0.15, 0.2) is 76.2 Å². The average molecular weight is 393 g/mol. The minimum Gasteiger partial charge on any atom is -0.377 e. The lowest BCUT2D eigenvalue weighted by Crippen LogP contribution is -2.37. The summed E-state index contributed by atoms with van der Waals surface area (Å²) in [5, 5.41) is 3.43. The van der Waals surface area contributed by atoms with Gasteiger partial charge in [-0.3, -0.25) is 14.5 Å². The molecular weight excluding hydrogens is 368 g/mol. The third kappa shape index (κ3) is 4.14. The van der Waals surface area contributed by atoms with Gasteiger partial charge in [0, 0.05) is 10.9 Å². The lowest BCUT2D eigenvalue weighted by molar-refractivity contribution is -0.138. The van der Waals surface area contributed by atoms with Crippen molar-refractivity contribution in [3.05, 3.63) is 76.8 Å². The Morgan fingerprint density at radius 1 is 0.857 bits per heavy atom. The van der Waals surface area contributed by atoms with Gasteiger partial charge in [0.25, 0.3) is 11.8 Å². The molecule has 2 aromatic rings. The van der Waals surface area contributed by atoms with Gasteiger partial charge in [0.15, 0.2) is 0 Å². The first-order valence-corrected chi connectivity index (χ1v) is 10.7. The number of carbonyl (C=O) groups excluding carboxylic acids is 2. The SMILES string of the molecule is O=C1C(NC2CCCCC2)=C(Sc2ccccc2)C(=O)N1Cc1ccccc1. The van der Waals surface area contributed by atoms with E-state index in [1.165, 1.54) is 35.9 Å². The predicted molar refractivity (Wildman–Crippen MR) is 111 cm³/mol. The van der Waals surface area contributed by atoms with Crippen molar-refractivity contribution in [3.8, 4) is 0 Å². The number of nitrogens with zero attached hydrogens (tertiary/aromatic N) is 1. The summed E-state index contributed by atoms with van der Waals surface area (Å²) in [5.74, 6) is -0.418. The van der Waals surface area contributed by atoms with Gasteiger partial charge in [0.1, 0.15) is 10.6 Å². The number of hydrogen-bond acceptors (Lipinski definition) is 4. The minimum atomic E-state index is -0.210. The molecule has 0 spiro atoms. The van der Waals surface area contributed by atoms with E-state index in [2.05, 4.69) is 5.32 Å². The summed E-state index contributed by atoms with van der Waals surface area (Å²) in [5.41, 5.74) is 1.42. The summed E-state index contributed by atoms with van der Waals surface area (Å²) in [4.78, 5) is 29.2. The fourth-order valence-electron chi connectivity index (χ4n) is 3.74. The number of amides is 2. The van der Waals surface area contributed by atoms with Gasteiger partial charge in [0.05, 0.1) is 6.54 Å². The van der Waals surface area contributed by atoms with E-state index in [0.29, 0.717) is 17.1 Å². The van der Waals surface area contributed by atoms with Gasteiger partial charge in [-0.1, -0.05) is 79.6 Å². The van der Waals surface area contributed by atoms with Crippen molar-refractivity contribution in [2.45, 2.75) is 49.6 Å². The second-order valence-electron chi connectivity index (χ2n) is 7.28. The molecule has 0 unspecified atom stereocenters. The Balaban J connectivity index is 1.60. The van der Waals surface area contributed by atoms with Gasteiger partial charge < -0.3 is 5.32 Å². The van der Waals surface area contributed by atoms with Crippen LogP contribution in [0.25, 0.3) is 0 Å². The Kier molecular flexibility index (Phi) is 5.81. The van der Waals surface area contributed by atoms with Crippen LogP contribution in [-0.2, 0) is 16.1 Å². The third-order valence-corrected chi connectivity index (χ3v) is 6.32. The molecule has 1 N–H and O–H groups in total. The smallest absolute Gasteiger partial charge is 0.278 e. The fraction of sp³-hybridized carbons (Fsp3) is 0.304. The maximum Gasteiger partial charge on any atom is 0.278 e. The molecule has 1 heterocycles. The molecule has 4 nitrogen and oxygen atoms in total. The summed E-state index contributed by atoms with van der Waals surface area (Å²) in [6.45, 7) is 0.299. The van der Waals surface area contributed by atoms with Crippen LogP contribution in [0.5, 0.6) is 0 Å². The van der Waals surface area contributed by atoms with Crippen LogP contribution in [0.4, 0.5) is 0 Å². The quantitative estimate of drug-likeness (QED) is 0.737. The molecule has 5 heteroatoms. The molecule has 0 atom stereocenters. The highest BCUT2D eigenvalue weighted by molar-refractivity contribution is 8.04. The standard InChI is InChI=1S/C23H24N2O2S/c26-22-20(24-18-12-6-2-7-13-18)21(28-19-14-8-3-9-15-19)23(27)25(22)16-17-10-4-1-5-11-17/h1,3-5,8-11,14-15,18,24H,2,6-7,12-13,16H2. The lowest BCUT2D eigenvalue weighted by atomic mass is 9.95. The van der Waals surface area contributed by atoms with Crippen LogP contribution >= 0.6 is 11.8 Å². The van der Waals surface area contributed by atoms with Crippen molar-refractivity contribution in [3.63, 3.8) is 0 Å². The van der Waals surface area contributed by atoms with Crippen molar-refractivity contribution in [1.82, 2.24) is 10.2 Å². The maximum absolute atomic E-state index is 13.2. The average Bonchev–Trinajstić information content (AvgIpc) is 2.95. The van der Waals surface area contributed by atoms with Crippen LogP contribution in [0.3, 0.4) is 0 Å². The third-order valence-electron chi connectivity index (χ3n) is 5.23. The van der Waals surface area contributed by atoms with E-state index in [4.69, 9.17) is 0 Å². The molecule has 1 saturated carbocycles. The van der Waals surface area contributed by atoms with E-state index in [1.807, 2.05) is 60.7 Å². The summed E-state index contributed by atoms with van der Waals surface area (Å²) >= 11 is 1.38. The first kappa shape index (κ1) is 18.8.